The van der Waals surface area contributed by atoms with Crippen LogP contribution in [0.2, 0.25) is 0 Å². The Labute approximate surface area is 113 Å². The largest absolute Gasteiger partial charge is 0.465 e. The Morgan fingerprint density at radius 3 is 2.47 bits per heavy atom. The molecule has 0 fully saturated rings. The van der Waals surface area contributed by atoms with Gasteiger partial charge in [0.25, 0.3) is 0 Å². The summed E-state index contributed by atoms with van der Waals surface area (Å²) in [6.45, 7) is 3.97. The predicted molar refractivity (Wildman–Crippen MR) is 74.7 cm³/mol. The standard InChI is InChI=1S/C15H19NO3/c1-4-11(2)16-14(17)10-7-12-5-8-13(9-6-12)15(18)19-3/h5-11H,4H2,1-3H3,(H,16,17)/b10-7+/t11-/m0/s1. The Morgan fingerprint density at radius 1 is 1.32 bits per heavy atom. The Balaban J connectivity index is 2.62. The zero-order valence-corrected chi connectivity index (χ0v) is 11.5. The van der Waals surface area contributed by atoms with E-state index in [1.807, 2.05) is 13.8 Å². The van der Waals surface area contributed by atoms with Gasteiger partial charge in [0.05, 0.1) is 12.7 Å². The lowest BCUT2D eigenvalue weighted by atomic mass is 10.1. The van der Waals surface area contributed by atoms with E-state index in [0.29, 0.717) is 5.56 Å². The molecule has 0 radical (unpaired) electrons. The fourth-order valence-corrected chi connectivity index (χ4v) is 1.41. The number of methoxy groups -OCH3 is 1. The first kappa shape index (κ1) is 15.0. The molecule has 0 aromatic heterocycles. The first-order chi connectivity index (χ1) is 9.06. The van der Waals surface area contributed by atoms with Crippen LogP contribution in [0.1, 0.15) is 36.2 Å². The van der Waals surface area contributed by atoms with Crippen molar-refractivity contribution < 1.29 is 14.3 Å². The zero-order valence-electron chi connectivity index (χ0n) is 11.5. The lowest BCUT2D eigenvalue weighted by Gasteiger charge is -2.08. The van der Waals surface area contributed by atoms with Gasteiger partial charge in [0.15, 0.2) is 0 Å². The summed E-state index contributed by atoms with van der Waals surface area (Å²) in [6.07, 6.45) is 4.09. The van der Waals surface area contributed by atoms with Crippen LogP contribution in [0.3, 0.4) is 0 Å². The first-order valence-corrected chi connectivity index (χ1v) is 6.23. The normalized spacial score (nSPS) is 12.2. The van der Waals surface area contributed by atoms with Crippen LogP contribution in [0.25, 0.3) is 6.08 Å². The van der Waals surface area contributed by atoms with Crippen molar-refractivity contribution in [2.45, 2.75) is 26.3 Å². The number of carbonyl (C=O) groups is 2. The number of rotatable bonds is 5. The molecule has 1 aromatic rings. The zero-order chi connectivity index (χ0) is 14.3. The van der Waals surface area contributed by atoms with Crippen molar-refractivity contribution in [3.63, 3.8) is 0 Å². The molecule has 1 aromatic carbocycles. The Bertz CT molecular complexity index is 463. The minimum absolute atomic E-state index is 0.119. The molecule has 1 atom stereocenters. The highest BCUT2D eigenvalue weighted by atomic mass is 16.5. The number of amides is 1. The van der Waals surface area contributed by atoms with Crippen LogP contribution in [0.5, 0.6) is 0 Å². The van der Waals surface area contributed by atoms with Crippen LogP contribution in [0, 0.1) is 0 Å². The second kappa shape index (κ2) is 7.36. The third-order valence-corrected chi connectivity index (χ3v) is 2.76. The molecular weight excluding hydrogens is 242 g/mol. The molecule has 0 aliphatic carbocycles. The van der Waals surface area contributed by atoms with Crippen LogP contribution in [0.4, 0.5) is 0 Å². The van der Waals surface area contributed by atoms with E-state index >= 15 is 0 Å². The van der Waals surface area contributed by atoms with Gasteiger partial charge in [0.2, 0.25) is 5.91 Å². The number of hydrogen-bond donors (Lipinski definition) is 1. The molecule has 0 aliphatic heterocycles. The van der Waals surface area contributed by atoms with E-state index < -0.39 is 0 Å². The minimum atomic E-state index is -0.370. The molecular formula is C15H19NO3. The highest BCUT2D eigenvalue weighted by Crippen LogP contribution is 2.07. The molecule has 0 unspecified atom stereocenters. The summed E-state index contributed by atoms with van der Waals surface area (Å²) in [5.41, 5.74) is 1.34. The van der Waals surface area contributed by atoms with Gasteiger partial charge in [-0.2, -0.15) is 0 Å². The first-order valence-electron chi connectivity index (χ1n) is 6.23. The Kier molecular flexibility index (Phi) is 5.79. The third kappa shape index (κ3) is 4.95. The predicted octanol–water partition coefficient (Wildman–Crippen LogP) is 2.40. The van der Waals surface area contributed by atoms with E-state index in [-0.39, 0.29) is 17.9 Å². The van der Waals surface area contributed by atoms with Crippen molar-refractivity contribution in [1.82, 2.24) is 5.32 Å². The second-order valence-electron chi connectivity index (χ2n) is 4.26. The van der Waals surface area contributed by atoms with Gasteiger partial charge >= 0.3 is 5.97 Å². The van der Waals surface area contributed by atoms with Gasteiger partial charge in [0, 0.05) is 12.1 Å². The number of ether oxygens (including phenoxy) is 1. The number of hydrogen-bond acceptors (Lipinski definition) is 3. The molecule has 0 bridgehead atoms. The van der Waals surface area contributed by atoms with Crippen LogP contribution in [-0.4, -0.2) is 25.0 Å². The molecule has 0 saturated heterocycles. The summed E-state index contributed by atoms with van der Waals surface area (Å²) in [5.74, 6) is -0.489. The summed E-state index contributed by atoms with van der Waals surface area (Å²) in [5, 5.41) is 2.84. The SMILES string of the molecule is CC[C@H](C)NC(=O)/C=C/c1ccc(C(=O)OC)cc1. The maximum absolute atomic E-state index is 11.5. The lowest BCUT2D eigenvalue weighted by Crippen LogP contribution is -2.30. The molecule has 19 heavy (non-hydrogen) atoms. The second-order valence-corrected chi connectivity index (χ2v) is 4.26. The molecule has 0 saturated carbocycles. The quantitative estimate of drug-likeness (QED) is 0.654. The summed E-state index contributed by atoms with van der Waals surface area (Å²) in [4.78, 5) is 22.8. The highest BCUT2D eigenvalue weighted by molar-refractivity contribution is 5.92. The van der Waals surface area contributed by atoms with Crippen molar-refractivity contribution in [1.29, 1.82) is 0 Å². The summed E-state index contributed by atoms with van der Waals surface area (Å²) in [6, 6.07) is 7.02. The van der Waals surface area contributed by atoms with Crippen LogP contribution < -0.4 is 5.32 Å². The Hall–Kier alpha value is -2.10. The van der Waals surface area contributed by atoms with Gasteiger partial charge in [0.1, 0.15) is 0 Å². The van der Waals surface area contributed by atoms with Gasteiger partial charge in [-0.1, -0.05) is 19.1 Å². The fraction of sp³-hybridized carbons (Fsp3) is 0.333. The van der Waals surface area contributed by atoms with Crippen LogP contribution in [-0.2, 0) is 9.53 Å². The number of nitrogens with one attached hydrogen (secondary N) is 1. The molecule has 0 aliphatic rings. The fourth-order valence-electron chi connectivity index (χ4n) is 1.41. The maximum Gasteiger partial charge on any atom is 0.337 e. The Morgan fingerprint density at radius 2 is 1.95 bits per heavy atom. The summed E-state index contributed by atoms with van der Waals surface area (Å²) < 4.78 is 4.61. The van der Waals surface area contributed by atoms with E-state index in [9.17, 15) is 9.59 Å². The summed E-state index contributed by atoms with van der Waals surface area (Å²) >= 11 is 0. The van der Waals surface area contributed by atoms with Crippen molar-refractivity contribution in [2.75, 3.05) is 7.11 Å². The molecule has 102 valence electrons. The summed E-state index contributed by atoms with van der Waals surface area (Å²) in [7, 11) is 1.34. The molecule has 1 rings (SSSR count). The molecule has 4 nitrogen and oxygen atoms in total. The van der Waals surface area contributed by atoms with Crippen LogP contribution >= 0.6 is 0 Å². The van der Waals surface area contributed by atoms with Crippen molar-refractivity contribution >= 4 is 18.0 Å². The monoisotopic (exact) mass is 261 g/mol. The van der Waals surface area contributed by atoms with Gasteiger partial charge in [-0.05, 0) is 37.1 Å². The molecule has 4 heteroatoms. The number of carbonyl (C=O) groups excluding carboxylic acids is 2. The molecule has 1 amide bonds. The third-order valence-electron chi connectivity index (χ3n) is 2.76. The van der Waals surface area contributed by atoms with Gasteiger partial charge < -0.3 is 10.1 Å². The number of esters is 1. The van der Waals surface area contributed by atoms with E-state index in [1.54, 1.807) is 30.3 Å². The highest BCUT2D eigenvalue weighted by Gasteiger charge is 2.04. The molecule has 0 spiro atoms. The average Bonchev–Trinajstić information content (AvgIpc) is 2.44. The van der Waals surface area contributed by atoms with E-state index in [1.165, 1.54) is 13.2 Å². The van der Waals surface area contributed by atoms with Gasteiger partial charge in [-0.3, -0.25) is 4.79 Å². The average molecular weight is 261 g/mol. The minimum Gasteiger partial charge on any atom is -0.465 e. The number of benzene rings is 1. The molecule has 1 N–H and O–H groups in total. The maximum atomic E-state index is 11.5. The molecule has 0 heterocycles. The van der Waals surface area contributed by atoms with Crippen LogP contribution in [0.15, 0.2) is 30.3 Å². The van der Waals surface area contributed by atoms with Crippen molar-refractivity contribution in [3.8, 4) is 0 Å². The van der Waals surface area contributed by atoms with E-state index in [2.05, 4.69) is 10.1 Å². The van der Waals surface area contributed by atoms with Crippen molar-refractivity contribution in [2.24, 2.45) is 0 Å². The van der Waals surface area contributed by atoms with Crippen molar-refractivity contribution in [3.05, 3.63) is 41.5 Å². The van der Waals surface area contributed by atoms with Gasteiger partial charge in [-0.15, -0.1) is 0 Å². The lowest BCUT2D eigenvalue weighted by molar-refractivity contribution is -0.117. The van der Waals surface area contributed by atoms with E-state index in [4.69, 9.17) is 0 Å². The van der Waals surface area contributed by atoms with E-state index in [0.717, 1.165) is 12.0 Å². The smallest absolute Gasteiger partial charge is 0.337 e. The topological polar surface area (TPSA) is 55.4 Å². The van der Waals surface area contributed by atoms with Gasteiger partial charge in [-0.25, -0.2) is 4.79 Å².